The number of hydrogen-bond donors (Lipinski definition) is 1. The van der Waals surface area contributed by atoms with Crippen molar-refractivity contribution in [1.29, 1.82) is 0 Å². The highest BCUT2D eigenvalue weighted by atomic mass is 32.2. The van der Waals surface area contributed by atoms with Crippen LogP contribution in [0.1, 0.15) is 20.3 Å². The number of aliphatic imine (C=N–C) groups is 1. The number of guanidine groups is 1. The minimum absolute atomic E-state index is 0.000845. The number of carbonyl (C=O) groups excluding carboxylic acids is 1. The number of nitrogens with zero attached hydrogens (tertiary/aromatic N) is 6. The van der Waals surface area contributed by atoms with Crippen molar-refractivity contribution in [2.45, 2.75) is 20.3 Å². The van der Waals surface area contributed by atoms with E-state index < -0.39 is 10.0 Å². The van der Waals surface area contributed by atoms with Gasteiger partial charge in [0, 0.05) is 52.5 Å². The van der Waals surface area contributed by atoms with Crippen LogP contribution in [0.15, 0.2) is 17.4 Å². The van der Waals surface area contributed by atoms with Gasteiger partial charge in [-0.25, -0.2) is 12.7 Å². The molecule has 1 saturated heterocycles. The van der Waals surface area contributed by atoms with E-state index in [4.69, 9.17) is 0 Å². The Morgan fingerprint density at radius 3 is 2.64 bits per heavy atom. The van der Waals surface area contributed by atoms with Crippen LogP contribution in [0.2, 0.25) is 0 Å². The zero-order valence-corrected chi connectivity index (χ0v) is 17.9. The monoisotopic (exact) mass is 413 g/mol. The van der Waals surface area contributed by atoms with Crippen LogP contribution in [-0.2, 0) is 21.9 Å². The van der Waals surface area contributed by atoms with Crippen LogP contribution in [0.5, 0.6) is 0 Å². The molecule has 28 heavy (non-hydrogen) atoms. The van der Waals surface area contributed by atoms with Gasteiger partial charge in [-0.3, -0.25) is 14.5 Å². The molecule has 0 spiro atoms. The average molecular weight is 414 g/mol. The molecule has 158 valence electrons. The minimum atomic E-state index is -3.18. The third-order valence-electron chi connectivity index (χ3n) is 4.51. The second kappa shape index (κ2) is 9.87. The molecule has 1 aromatic heterocycles. The van der Waals surface area contributed by atoms with Crippen LogP contribution >= 0.6 is 0 Å². The van der Waals surface area contributed by atoms with Crippen molar-refractivity contribution in [2.24, 2.45) is 12.0 Å². The second-order valence-electron chi connectivity index (χ2n) is 6.68. The normalized spacial score (nSPS) is 16.2. The summed E-state index contributed by atoms with van der Waals surface area (Å²) in [6.45, 7) is 7.34. The van der Waals surface area contributed by atoms with Crippen molar-refractivity contribution in [3.63, 3.8) is 0 Å². The summed E-state index contributed by atoms with van der Waals surface area (Å²) >= 11 is 0. The number of rotatable bonds is 8. The Morgan fingerprint density at radius 1 is 1.36 bits per heavy atom. The Kier molecular flexibility index (Phi) is 7.81. The summed E-state index contributed by atoms with van der Waals surface area (Å²) in [7, 11) is -1.36. The van der Waals surface area contributed by atoms with Crippen LogP contribution in [0.25, 0.3) is 0 Å². The highest BCUT2D eigenvalue weighted by Crippen LogP contribution is 2.16. The number of piperazine rings is 1. The lowest BCUT2D eigenvalue weighted by Crippen LogP contribution is -2.55. The largest absolute Gasteiger partial charge is 0.357 e. The lowest BCUT2D eigenvalue weighted by molar-refractivity contribution is -0.120. The van der Waals surface area contributed by atoms with E-state index in [0.717, 1.165) is 5.69 Å². The van der Waals surface area contributed by atoms with Gasteiger partial charge in [0.1, 0.15) is 6.54 Å². The molecular formula is C17H31N7O3S. The van der Waals surface area contributed by atoms with Crippen LogP contribution in [-0.4, -0.2) is 91.3 Å². The molecule has 0 bridgehead atoms. The van der Waals surface area contributed by atoms with E-state index in [-0.39, 0.29) is 12.5 Å². The van der Waals surface area contributed by atoms with Crippen LogP contribution in [0.3, 0.4) is 0 Å². The lowest BCUT2D eigenvalue weighted by atomic mass is 10.3. The smallest absolute Gasteiger partial charge is 0.246 e. The molecule has 1 fully saturated rings. The summed E-state index contributed by atoms with van der Waals surface area (Å²) in [6.07, 6.45) is 5.36. The molecule has 10 nitrogen and oxygen atoms in total. The van der Waals surface area contributed by atoms with E-state index in [1.807, 2.05) is 32.0 Å². The van der Waals surface area contributed by atoms with Crippen molar-refractivity contribution in [3.8, 4) is 0 Å². The fourth-order valence-corrected chi connectivity index (χ4v) is 4.02. The lowest BCUT2D eigenvalue weighted by Gasteiger charge is -2.35. The Hall–Kier alpha value is -2.14. The van der Waals surface area contributed by atoms with Gasteiger partial charge in [0.25, 0.3) is 0 Å². The quantitative estimate of drug-likeness (QED) is 0.357. The molecule has 0 radical (unpaired) electrons. The number of carbonyl (C=O) groups is 1. The van der Waals surface area contributed by atoms with Crippen LogP contribution < -0.4 is 10.2 Å². The number of sulfonamides is 1. The van der Waals surface area contributed by atoms with Gasteiger partial charge in [0.05, 0.1) is 18.1 Å². The first-order valence-electron chi connectivity index (χ1n) is 9.53. The van der Waals surface area contributed by atoms with Gasteiger partial charge in [-0.05, 0) is 13.3 Å². The number of anilines is 1. The van der Waals surface area contributed by atoms with E-state index in [2.05, 4.69) is 15.4 Å². The van der Waals surface area contributed by atoms with Gasteiger partial charge in [0.15, 0.2) is 5.96 Å². The summed E-state index contributed by atoms with van der Waals surface area (Å²) in [6, 6.07) is 0. The minimum Gasteiger partial charge on any atom is -0.357 e. The molecule has 1 aliphatic heterocycles. The van der Waals surface area contributed by atoms with Gasteiger partial charge in [-0.2, -0.15) is 5.10 Å². The van der Waals surface area contributed by atoms with Gasteiger partial charge in [0.2, 0.25) is 15.9 Å². The third-order valence-corrected chi connectivity index (χ3v) is 5.89. The van der Waals surface area contributed by atoms with E-state index in [0.29, 0.717) is 51.6 Å². The van der Waals surface area contributed by atoms with Crippen molar-refractivity contribution in [1.82, 2.24) is 24.3 Å². The molecule has 2 rings (SSSR count). The fraction of sp³-hybridized carbons (Fsp3) is 0.706. The Labute approximate surface area is 167 Å². The summed E-state index contributed by atoms with van der Waals surface area (Å²) in [5.41, 5.74) is 0.800. The van der Waals surface area contributed by atoms with Gasteiger partial charge < -0.3 is 15.1 Å². The molecule has 0 aromatic carbocycles. The summed E-state index contributed by atoms with van der Waals surface area (Å²) in [5.74, 6) is 0.683. The number of aryl methyl sites for hydroxylation is 1. The Bertz CT molecular complexity index is 790. The molecule has 2 heterocycles. The van der Waals surface area contributed by atoms with Crippen LogP contribution in [0.4, 0.5) is 5.69 Å². The summed E-state index contributed by atoms with van der Waals surface area (Å²) in [4.78, 5) is 20.8. The zero-order valence-electron chi connectivity index (χ0n) is 17.1. The van der Waals surface area contributed by atoms with Crippen molar-refractivity contribution in [2.75, 3.05) is 57.0 Å². The third kappa shape index (κ3) is 5.93. The molecule has 1 aromatic rings. The highest BCUT2D eigenvalue weighted by Gasteiger charge is 2.27. The predicted molar refractivity (Wildman–Crippen MR) is 110 cm³/mol. The second-order valence-corrected chi connectivity index (χ2v) is 8.67. The molecule has 0 unspecified atom stereocenters. The topological polar surface area (TPSA) is 103 Å². The standard InChI is InChI=1S/C17H31N7O3S/c1-5-18-17(19-8-7-9-23(6-2)28(4,26)27)22-10-11-24(16(25)14-22)15-12-20-21(3)13-15/h12-13H,5-11,14H2,1-4H3,(H,18,19). The first kappa shape index (κ1) is 22.2. The number of aromatic nitrogens is 2. The van der Waals surface area contributed by atoms with E-state index >= 15 is 0 Å². The summed E-state index contributed by atoms with van der Waals surface area (Å²) in [5, 5.41) is 7.35. The SMILES string of the molecule is CCNC(=NCCCN(CC)S(C)(=O)=O)N1CCN(c2cnn(C)c2)C(=O)C1. The highest BCUT2D eigenvalue weighted by molar-refractivity contribution is 7.88. The molecule has 1 N–H and O–H groups in total. The average Bonchev–Trinajstić information content (AvgIpc) is 3.05. The Morgan fingerprint density at radius 2 is 2.11 bits per heavy atom. The number of amides is 1. The predicted octanol–water partition coefficient (Wildman–Crippen LogP) is -0.294. The van der Waals surface area contributed by atoms with Crippen molar-refractivity contribution < 1.29 is 13.2 Å². The zero-order chi connectivity index (χ0) is 20.7. The molecule has 0 atom stereocenters. The van der Waals surface area contributed by atoms with Gasteiger partial charge in [-0.1, -0.05) is 6.92 Å². The van der Waals surface area contributed by atoms with E-state index in [1.54, 1.807) is 15.8 Å². The van der Waals surface area contributed by atoms with E-state index in [1.165, 1.54) is 10.6 Å². The van der Waals surface area contributed by atoms with Crippen molar-refractivity contribution >= 4 is 27.6 Å². The Balaban J connectivity index is 1.94. The van der Waals surface area contributed by atoms with Crippen molar-refractivity contribution in [3.05, 3.63) is 12.4 Å². The molecule has 11 heteroatoms. The van der Waals surface area contributed by atoms with Gasteiger partial charge >= 0.3 is 0 Å². The number of hydrogen-bond acceptors (Lipinski definition) is 5. The molecule has 1 aliphatic rings. The first-order valence-corrected chi connectivity index (χ1v) is 11.4. The molecule has 1 amide bonds. The maximum atomic E-state index is 12.6. The fourth-order valence-electron chi connectivity index (χ4n) is 3.09. The summed E-state index contributed by atoms with van der Waals surface area (Å²) < 4.78 is 26.4. The molecule has 0 aliphatic carbocycles. The van der Waals surface area contributed by atoms with Gasteiger partial charge in [-0.15, -0.1) is 0 Å². The van der Waals surface area contributed by atoms with E-state index in [9.17, 15) is 13.2 Å². The maximum absolute atomic E-state index is 12.6. The van der Waals surface area contributed by atoms with Crippen LogP contribution in [0, 0.1) is 0 Å². The molecular weight excluding hydrogens is 382 g/mol. The number of nitrogens with one attached hydrogen (secondary N) is 1. The first-order chi connectivity index (χ1) is 13.3. The molecule has 0 saturated carbocycles. The maximum Gasteiger partial charge on any atom is 0.246 e.